The summed E-state index contributed by atoms with van der Waals surface area (Å²) in [6, 6.07) is 0. The molecule has 0 aliphatic rings. The Kier molecular flexibility index (Phi) is 12.2. The summed E-state index contributed by atoms with van der Waals surface area (Å²) in [6.45, 7) is 12.5. The van der Waals surface area contributed by atoms with Crippen LogP contribution >= 0.6 is 0 Å². The minimum atomic E-state index is -1.21. The molecule has 0 unspecified atom stereocenters. The number of rotatable bonds is 6. The summed E-state index contributed by atoms with van der Waals surface area (Å²) < 4.78 is 0. The summed E-state index contributed by atoms with van der Waals surface area (Å²) >= 11 is 0. The van der Waals surface area contributed by atoms with Crippen molar-refractivity contribution in [2.75, 3.05) is 0 Å². The van der Waals surface area contributed by atoms with Crippen LogP contribution in [0.15, 0.2) is 0 Å². The van der Waals surface area contributed by atoms with E-state index in [9.17, 15) is 19.8 Å². The average Bonchev–Trinajstić information content (AvgIpc) is 2.10. The first-order valence-electron chi connectivity index (χ1n) is 6.83. The summed E-state index contributed by atoms with van der Waals surface area (Å²) in [4.78, 5) is 23.5. The molecular weight excluding hydrogens is 449 g/mol. The second-order valence-electron chi connectivity index (χ2n) is 7.28. The summed E-state index contributed by atoms with van der Waals surface area (Å²) in [7, 11) is 0.765. The molecule has 0 heterocycles. The van der Waals surface area contributed by atoms with Crippen LogP contribution in [-0.2, 0) is 65.4 Å². The van der Waals surface area contributed by atoms with Crippen LogP contribution in [-0.4, -0.2) is 51.4 Å². The monoisotopic (exact) mass is 475 g/mol. The van der Waals surface area contributed by atoms with E-state index < -0.39 is 33.9 Å². The van der Waals surface area contributed by atoms with Crippen molar-refractivity contribution in [2.24, 2.45) is 0 Å². The molecule has 0 aromatic heterocycles. The number of hydrogen-bond acceptors (Lipinski definition) is 4. The van der Waals surface area contributed by atoms with Crippen LogP contribution in [0.3, 0.4) is 0 Å². The van der Waals surface area contributed by atoms with E-state index in [0.29, 0.717) is 0 Å². The molecule has 0 saturated carbocycles. The third-order valence-corrected chi connectivity index (χ3v) is 4.02. The van der Waals surface area contributed by atoms with E-state index in [1.165, 1.54) is 27.7 Å². The van der Waals surface area contributed by atoms with Gasteiger partial charge in [0, 0.05) is 88.2 Å². The smallest absolute Gasteiger partial charge is 0.239 e. The van der Waals surface area contributed by atoms with Crippen molar-refractivity contribution in [3.63, 3.8) is 0 Å². The first-order chi connectivity index (χ1) is 8.99. The fraction of sp³-hybridized carbons (Fsp3) is 0.857. The maximum Gasteiger partial charge on any atom is 0.239 e. The second kappa shape index (κ2) is 9.73. The van der Waals surface area contributed by atoms with Gasteiger partial charge in [0.25, 0.3) is 0 Å². The molecule has 6 nitrogen and oxygen atoms in total. The number of aliphatic hydroxyl groups is 2. The molecule has 2 amide bonds. The normalized spacial score (nSPS) is 12.4. The van der Waals surface area contributed by atoms with Crippen LogP contribution in [0.25, 0.3) is 10.6 Å². The van der Waals surface area contributed by atoms with Crippen LogP contribution < -0.4 is 0 Å². The average molecular weight is 475 g/mol. The maximum absolute atomic E-state index is 11.8. The van der Waals surface area contributed by atoms with Gasteiger partial charge in [0.2, 0.25) is 7.28 Å². The molecule has 0 spiro atoms. The van der Waals surface area contributed by atoms with Crippen LogP contribution in [0.4, 0.5) is 9.59 Å². The van der Waals surface area contributed by atoms with Gasteiger partial charge in [0.05, 0.1) is 0 Å². The molecule has 9 heteroatoms. The van der Waals surface area contributed by atoms with Crippen LogP contribution in [0, 0.1) is 0 Å². The maximum atomic E-state index is 11.8. The molecule has 2 N–H and O–H groups in total. The first-order valence-corrected chi connectivity index (χ1v) is 6.83. The van der Waals surface area contributed by atoms with Gasteiger partial charge in [-0.05, 0) is 27.7 Å². The molecule has 127 valence electrons. The zero-order chi connectivity index (χ0) is 17.3. The van der Waals surface area contributed by atoms with Gasteiger partial charge in [0.15, 0.2) is 0 Å². The molecule has 0 aromatic carbocycles. The summed E-state index contributed by atoms with van der Waals surface area (Å²) in [6.07, 6.45) is 0. The van der Waals surface area contributed by atoms with Gasteiger partial charge in [-0.2, -0.15) is 0 Å². The Morgan fingerprint density at radius 2 is 0.913 bits per heavy atom. The Labute approximate surface area is 190 Å². The molecule has 0 rings (SSSR count). The Morgan fingerprint density at radius 1 is 0.696 bits per heavy atom. The number of hydrogen-bond donors (Lipinski definition) is 2. The third-order valence-electron chi connectivity index (χ3n) is 4.02. The van der Waals surface area contributed by atoms with Crippen molar-refractivity contribution in [3.8, 4) is 0 Å². The Morgan fingerprint density at radius 3 is 1.09 bits per heavy atom. The topological polar surface area (TPSA) is 103 Å². The Hall–Kier alpha value is 1.13. The van der Waals surface area contributed by atoms with Gasteiger partial charge in [-0.1, -0.05) is 38.8 Å². The van der Waals surface area contributed by atoms with Gasteiger partial charge in [-0.15, -0.1) is 0 Å². The van der Waals surface area contributed by atoms with Crippen LogP contribution in [0.2, 0.25) is 0 Å². The van der Waals surface area contributed by atoms with Crippen LogP contribution in [0.5, 0.6) is 0 Å². The minimum Gasteiger partial charge on any atom is -0.655 e. The number of nitrogens with zero attached hydrogens (tertiary/aromatic N) is 2. The zero-order valence-electron chi connectivity index (χ0n) is 15.3. The fourth-order valence-corrected chi connectivity index (χ4v) is 0.995. The van der Waals surface area contributed by atoms with Gasteiger partial charge in [-0.3, -0.25) is 0 Å². The van der Waals surface area contributed by atoms with E-state index >= 15 is 0 Å². The van der Waals surface area contributed by atoms with E-state index in [1.54, 1.807) is 27.7 Å². The van der Waals surface area contributed by atoms with E-state index in [2.05, 4.69) is 10.6 Å². The van der Waals surface area contributed by atoms with E-state index in [0.717, 1.165) is 7.28 Å². The summed E-state index contributed by atoms with van der Waals surface area (Å²) in [5.41, 5.74) is -4.48. The third kappa shape index (κ3) is 9.41. The second-order valence-corrected chi connectivity index (χ2v) is 7.28. The molecule has 0 fully saturated rings. The molecule has 0 bridgehead atoms. The molecule has 0 saturated heterocycles. The van der Waals surface area contributed by atoms with Crippen molar-refractivity contribution >= 4 is 18.9 Å². The van der Waals surface area contributed by atoms with Gasteiger partial charge >= 0.3 is 0 Å². The molecule has 23 heavy (non-hydrogen) atoms. The SMILES string of the molecule is CC(C)(O)C(C)(C)[N-]C(=O)[B]C(=O)[N-]C(C)(C)C(C)(C)O.[Y].[Y]. The van der Waals surface area contributed by atoms with Crippen molar-refractivity contribution in [1.29, 1.82) is 0 Å². The number of carbonyl (C=O) groups is 2. The Balaban J connectivity index is -0.00000200. The zero-order valence-corrected chi connectivity index (χ0v) is 21.0. The van der Waals surface area contributed by atoms with Crippen molar-refractivity contribution in [1.82, 2.24) is 0 Å². The van der Waals surface area contributed by atoms with Gasteiger partial charge < -0.3 is 30.4 Å². The van der Waals surface area contributed by atoms with E-state index in [4.69, 9.17) is 0 Å². The van der Waals surface area contributed by atoms with Gasteiger partial charge in [0.1, 0.15) is 0 Å². The molecule has 0 atom stereocenters. The minimum absolute atomic E-state index is 0. The van der Waals surface area contributed by atoms with E-state index in [1.807, 2.05) is 0 Å². The fourth-order valence-electron chi connectivity index (χ4n) is 0.995. The number of amides is 2. The molecule has 3 radical (unpaired) electrons. The van der Waals surface area contributed by atoms with Gasteiger partial charge in [-0.25, -0.2) is 0 Å². The predicted octanol–water partition coefficient (Wildman–Crippen LogP) is 2.77. The molecule has 0 aliphatic heterocycles. The van der Waals surface area contributed by atoms with Crippen molar-refractivity contribution in [3.05, 3.63) is 10.6 Å². The molecular formula is C14H26BN2O4Y2-2. The summed E-state index contributed by atoms with van der Waals surface area (Å²) in [5.74, 6) is -1.52. The van der Waals surface area contributed by atoms with Crippen LogP contribution in [0.1, 0.15) is 55.4 Å². The summed E-state index contributed by atoms with van der Waals surface area (Å²) in [5, 5.41) is 27.5. The Bertz CT molecular complexity index is 378. The first kappa shape index (κ1) is 28.9. The predicted molar refractivity (Wildman–Crippen MR) is 84.0 cm³/mol. The van der Waals surface area contributed by atoms with Crippen molar-refractivity contribution < 1.29 is 85.2 Å². The van der Waals surface area contributed by atoms with Crippen molar-refractivity contribution in [2.45, 2.75) is 77.7 Å². The largest absolute Gasteiger partial charge is 0.655 e. The quantitative estimate of drug-likeness (QED) is 0.578. The molecule has 0 aliphatic carbocycles. The van der Waals surface area contributed by atoms with E-state index in [-0.39, 0.29) is 65.4 Å². The standard InChI is InChI=1S/C14H28BN2O4.2Y/c1-11(2,13(5,6)20)16-9(18)15-10(19)17-12(3,4)14(7,8)21;;/h20-21H,1-8H3,(H2,16,17,18,19);;/p-2. The molecule has 0 aromatic rings. The number of carbonyl (C=O) groups excluding carboxylic acids is 2.